The van der Waals surface area contributed by atoms with E-state index in [0.29, 0.717) is 23.3 Å². The third-order valence-electron chi connectivity index (χ3n) is 2.73. The van der Waals surface area contributed by atoms with Crippen LogP contribution in [0.2, 0.25) is 5.02 Å². The van der Waals surface area contributed by atoms with Crippen LogP contribution in [0, 0.1) is 6.92 Å². The summed E-state index contributed by atoms with van der Waals surface area (Å²) in [5.74, 6) is 0.788. The molecule has 0 bridgehead atoms. The topological polar surface area (TPSA) is 37.2 Å². The van der Waals surface area contributed by atoms with E-state index >= 15 is 0 Å². The van der Waals surface area contributed by atoms with Crippen molar-refractivity contribution in [3.63, 3.8) is 0 Å². The van der Waals surface area contributed by atoms with E-state index < -0.39 is 0 Å². The van der Waals surface area contributed by atoms with Crippen LogP contribution in [0.15, 0.2) is 41.1 Å². The van der Waals surface area contributed by atoms with E-state index in [4.69, 9.17) is 28.6 Å². The molecule has 2 rings (SSSR count). The molecule has 0 aliphatic carbocycles. The van der Waals surface area contributed by atoms with Crippen LogP contribution < -0.4 is 4.74 Å². The van der Waals surface area contributed by atoms with Gasteiger partial charge < -0.3 is 9.64 Å². The molecular formula is C13H14ClN3OS. The normalized spacial score (nSPS) is 17.9. The molecule has 0 N–H and O–H groups in total. The standard InChI is InChI=1S/C13H14ClN3OS/c1-3-6-17-12(15-16-13(17)19)8-18-11-5-4-10(14)7-9(11)2/h3-5,7,12H,1,6,8H2,2H3. The second kappa shape index (κ2) is 6.12. The van der Waals surface area contributed by atoms with E-state index in [1.165, 1.54) is 0 Å². The number of thiocarbonyl (C=S) groups is 1. The molecule has 6 heteroatoms. The first-order valence-electron chi connectivity index (χ1n) is 5.83. The lowest BCUT2D eigenvalue weighted by molar-refractivity contribution is 0.219. The molecule has 0 amide bonds. The number of azo groups is 1. The summed E-state index contributed by atoms with van der Waals surface area (Å²) < 4.78 is 5.75. The Balaban J connectivity index is 2.00. The van der Waals surface area contributed by atoms with E-state index in [2.05, 4.69) is 16.8 Å². The number of hydrogen-bond donors (Lipinski definition) is 0. The van der Waals surface area contributed by atoms with Gasteiger partial charge in [-0.05, 0) is 42.9 Å². The van der Waals surface area contributed by atoms with Crippen LogP contribution in [0.1, 0.15) is 5.56 Å². The molecule has 1 unspecified atom stereocenters. The van der Waals surface area contributed by atoms with Gasteiger partial charge in [0.2, 0.25) is 5.11 Å². The Kier molecular flexibility index (Phi) is 4.50. The Hall–Kier alpha value is -1.46. The van der Waals surface area contributed by atoms with Crippen molar-refractivity contribution in [2.45, 2.75) is 13.1 Å². The highest BCUT2D eigenvalue weighted by molar-refractivity contribution is 7.80. The van der Waals surface area contributed by atoms with Crippen molar-refractivity contribution in [3.05, 3.63) is 41.4 Å². The second-order valence-electron chi connectivity index (χ2n) is 4.14. The molecule has 0 spiro atoms. The molecule has 1 atom stereocenters. The average Bonchev–Trinajstić information content (AvgIpc) is 2.71. The molecule has 4 nitrogen and oxygen atoms in total. The van der Waals surface area contributed by atoms with Crippen LogP contribution in [0.3, 0.4) is 0 Å². The van der Waals surface area contributed by atoms with Gasteiger partial charge in [0.05, 0.1) is 0 Å². The summed E-state index contributed by atoms with van der Waals surface area (Å²) in [6.07, 6.45) is 1.57. The Labute approximate surface area is 122 Å². The number of halogens is 1. The van der Waals surface area contributed by atoms with Crippen LogP contribution in [0.5, 0.6) is 5.75 Å². The first-order valence-corrected chi connectivity index (χ1v) is 6.61. The number of nitrogens with zero attached hydrogens (tertiary/aromatic N) is 3. The van der Waals surface area contributed by atoms with Gasteiger partial charge in [0.25, 0.3) is 0 Å². The smallest absolute Gasteiger partial charge is 0.218 e. The van der Waals surface area contributed by atoms with E-state index in [0.717, 1.165) is 11.3 Å². The maximum atomic E-state index is 5.90. The zero-order valence-electron chi connectivity index (χ0n) is 10.5. The molecule has 0 saturated carbocycles. The molecule has 0 radical (unpaired) electrons. The van der Waals surface area contributed by atoms with Crippen LogP contribution in [-0.2, 0) is 0 Å². The van der Waals surface area contributed by atoms with Crippen molar-refractivity contribution in [2.75, 3.05) is 13.2 Å². The SMILES string of the molecule is C=CCN1C(=S)N=NC1COc1ccc(Cl)cc1C. The Morgan fingerprint density at radius 1 is 1.58 bits per heavy atom. The molecule has 0 aromatic heterocycles. The van der Waals surface area contributed by atoms with Crippen LogP contribution in [-0.4, -0.2) is 29.3 Å². The number of ether oxygens (including phenoxy) is 1. The Morgan fingerprint density at radius 3 is 3.05 bits per heavy atom. The number of aryl methyl sites for hydroxylation is 1. The lowest BCUT2D eigenvalue weighted by Gasteiger charge is -2.21. The van der Waals surface area contributed by atoms with Crippen LogP contribution >= 0.6 is 23.8 Å². The predicted molar refractivity (Wildman–Crippen MR) is 79.8 cm³/mol. The number of rotatable bonds is 5. The summed E-state index contributed by atoms with van der Waals surface area (Å²) in [4.78, 5) is 1.87. The fourth-order valence-electron chi connectivity index (χ4n) is 1.76. The fraction of sp³-hybridized carbons (Fsp3) is 0.308. The zero-order valence-corrected chi connectivity index (χ0v) is 12.1. The highest BCUT2D eigenvalue weighted by atomic mass is 35.5. The molecule has 1 aromatic carbocycles. The van der Waals surface area contributed by atoms with Crippen LogP contribution in [0.4, 0.5) is 0 Å². The lowest BCUT2D eigenvalue weighted by atomic mass is 10.2. The van der Waals surface area contributed by atoms with Crippen molar-refractivity contribution in [1.82, 2.24) is 4.90 Å². The van der Waals surface area contributed by atoms with E-state index in [9.17, 15) is 0 Å². The molecule has 1 aliphatic rings. The van der Waals surface area contributed by atoms with Crippen molar-refractivity contribution in [3.8, 4) is 5.75 Å². The Bertz CT molecular complexity index is 533. The van der Waals surface area contributed by atoms with E-state index in [-0.39, 0.29) is 6.17 Å². The molecular weight excluding hydrogens is 282 g/mol. The summed E-state index contributed by atoms with van der Waals surface area (Å²) in [6.45, 7) is 6.64. The lowest BCUT2D eigenvalue weighted by Crippen LogP contribution is -2.37. The summed E-state index contributed by atoms with van der Waals surface area (Å²) in [6, 6.07) is 5.51. The van der Waals surface area contributed by atoms with Crippen LogP contribution in [0.25, 0.3) is 0 Å². The highest BCUT2D eigenvalue weighted by Gasteiger charge is 2.25. The third-order valence-corrected chi connectivity index (χ3v) is 3.28. The summed E-state index contributed by atoms with van der Waals surface area (Å²) >= 11 is 11.0. The highest BCUT2D eigenvalue weighted by Crippen LogP contribution is 2.23. The molecule has 1 aliphatic heterocycles. The quantitative estimate of drug-likeness (QED) is 0.615. The average molecular weight is 296 g/mol. The summed E-state index contributed by atoms with van der Waals surface area (Å²) in [5.41, 5.74) is 0.986. The van der Waals surface area contributed by atoms with Gasteiger partial charge in [-0.2, -0.15) is 5.11 Å². The van der Waals surface area contributed by atoms with Crippen molar-refractivity contribution >= 4 is 28.9 Å². The van der Waals surface area contributed by atoms with Gasteiger partial charge in [-0.3, -0.25) is 0 Å². The van der Waals surface area contributed by atoms with Gasteiger partial charge in [0.15, 0.2) is 6.17 Å². The summed E-state index contributed by atoms with van der Waals surface area (Å²) in [7, 11) is 0. The van der Waals surface area contributed by atoms with Gasteiger partial charge in [-0.25, -0.2) is 0 Å². The zero-order chi connectivity index (χ0) is 13.8. The van der Waals surface area contributed by atoms with Crippen molar-refractivity contribution < 1.29 is 4.74 Å². The minimum absolute atomic E-state index is 0.194. The summed E-state index contributed by atoms with van der Waals surface area (Å²) in [5, 5.41) is 9.16. The van der Waals surface area contributed by atoms with Gasteiger partial charge in [-0.1, -0.05) is 17.7 Å². The maximum absolute atomic E-state index is 5.90. The maximum Gasteiger partial charge on any atom is 0.218 e. The molecule has 100 valence electrons. The molecule has 0 fully saturated rings. The molecule has 0 saturated heterocycles. The van der Waals surface area contributed by atoms with Crippen molar-refractivity contribution in [2.24, 2.45) is 10.2 Å². The van der Waals surface area contributed by atoms with E-state index in [1.807, 2.05) is 24.0 Å². The van der Waals surface area contributed by atoms with Gasteiger partial charge in [-0.15, -0.1) is 11.7 Å². The molecule has 1 aromatic rings. The first-order chi connectivity index (χ1) is 9.11. The van der Waals surface area contributed by atoms with E-state index in [1.54, 1.807) is 12.1 Å². The molecule has 1 heterocycles. The monoisotopic (exact) mass is 295 g/mol. The second-order valence-corrected chi connectivity index (χ2v) is 4.94. The van der Waals surface area contributed by atoms with Crippen molar-refractivity contribution in [1.29, 1.82) is 0 Å². The Morgan fingerprint density at radius 2 is 2.37 bits per heavy atom. The van der Waals surface area contributed by atoms with Gasteiger partial charge in [0, 0.05) is 11.6 Å². The fourth-order valence-corrected chi connectivity index (χ4v) is 2.23. The third kappa shape index (κ3) is 3.30. The number of hydrogen-bond acceptors (Lipinski definition) is 3. The first kappa shape index (κ1) is 14.0. The largest absolute Gasteiger partial charge is 0.489 e. The molecule has 19 heavy (non-hydrogen) atoms. The minimum Gasteiger partial charge on any atom is -0.489 e. The minimum atomic E-state index is -0.194. The van der Waals surface area contributed by atoms with Gasteiger partial charge >= 0.3 is 0 Å². The van der Waals surface area contributed by atoms with Gasteiger partial charge in [0.1, 0.15) is 12.4 Å². The predicted octanol–water partition coefficient (Wildman–Crippen LogP) is 3.59. The number of benzene rings is 1.